The van der Waals surface area contributed by atoms with Gasteiger partial charge in [0.1, 0.15) is 12.1 Å². The van der Waals surface area contributed by atoms with E-state index >= 15 is 0 Å². The van der Waals surface area contributed by atoms with Crippen LogP contribution in [0.2, 0.25) is 0 Å². The molecule has 4 amide bonds. The van der Waals surface area contributed by atoms with Gasteiger partial charge in [-0.2, -0.15) is 4.31 Å². The van der Waals surface area contributed by atoms with Crippen LogP contribution >= 0.6 is 0 Å². The summed E-state index contributed by atoms with van der Waals surface area (Å²) in [4.78, 5) is 49.9. The summed E-state index contributed by atoms with van der Waals surface area (Å²) in [6.45, 7) is 7.98. The van der Waals surface area contributed by atoms with Crippen molar-refractivity contribution in [2.75, 3.05) is 31.6 Å². The number of nitrogens with zero attached hydrogens (tertiary/aromatic N) is 2. The number of anilines is 1. The zero-order valence-corrected chi connectivity index (χ0v) is 21.0. The SMILES string of the molecule is CCN(CC)S(=O)(=O)c1cc(NC(=O)COC(=O)CN2C(=O)NC(CC)(CC)C2=O)ccc1C. The molecule has 1 heterocycles. The molecular formula is C22H32N4O7S. The van der Waals surface area contributed by atoms with Crippen LogP contribution in [0.25, 0.3) is 0 Å². The molecule has 0 unspecified atom stereocenters. The highest BCUT2D eigenvalue weighted by Crippen LogP contribution is 2.25. The van der Waals surface area contributed by atoms with E-state index in [1.807, 2.05) is 0 Å². The number of ether oxygens (including phenoxy) is 1. The van der Waals surface area contributed by atoms with Crippen LogP contribution in [0, 0.1) is 6.92 Å². The molecule has 0 atom stereocenters. The van der Waals surface area contributed by atoms with Gasteiger partial charge in [0, 0.05) is 18.8 Å². The lowest BCUT2D eigenvalue weighted by Crippen LogP contribution is -2.46. The Hall–Kier alpha value is -2.99. The number of hydrogen-bond acceptors (Lipinski definition) is 7. The van der Waals surface area contributed by atoms with Gasteiger partial charge in [0.05, 0.1) is 4.90 Å². The number of aryl methyl sites for hydroxylation is 1. The molecule has 2 rings (SSSR count). The number of rotatable bonds is 11. The van der Waals surface area contributed by atoms with Gasteiger partial charge in [0.2, 0.25) is 10.0 Å². The molecule has 1 aromatic carbocycles. The molecule has 188 valence electrons. The number of sulfonamides is 1. The Kier molecular flexibility index (Phi) is 8.78. The second-order valence-corrected chi connectivity index (χ2v) is 9.80. The fourth-order valence-corrected chi connectivity index (χ4v) is 5.43. The first-order valence-corrected chi connectivity index (χ1v) is 12.6. The molecule has 2 N–H and O–H groups in total. The Bertz CT molecular complexity index is 1060. The summed E-state index contributed by atoms with van der Waals surface area (Å²) in [6.07, 6.45) is 0.759. The number of nitrogens with one attached hydrogen (secondary N) is 2. The average Bonchev–Trinajstić information content (AvgIpc) is 3.04. The molecule has 1 fully saturated rings. The number of carbonyl (C=O) groups is 4. The minimum absolute atomic E-state index is 0.0693. The van der Waals surface area contributed by atoms with Crippen molar-refractivity contribution in [2.45, 2.75) is 57.9 Å². The van der Waals surface area contributed by atoms with Crippen LogP contribution in [0.5, 0.6) is 0 Å². The summed E-state index contributed by atoms with van der Waals surface area (Å²) < 4.78 is 31.9. The van der Waals surface area contributed by atoms with E-state index in [-0.39, 0.29) is 10.6 Å². The first-order valence-electron chi connectivity index (χ1n) is 11.2. The van der Waals surface area contributed by atoms with E-state index in [1.165, 1.54) is 10.4 Å². The third-order valence-electron chi connectivity index (χ3n) is 5.90. The first kappa shape index (κ1) is 27.3. The van der Waals surface area contributed by atoms with Crippen molar-refractivity contribution in [3.63, 3.8) is 0 Å². The Morgan fingerprint density at radius 1 is 1.12 bits per heavy atom. The number of amides is 4. The highest BCUT2D eigenvalue weighted by Gasteiger charge is 2.49. The lowest BCUT2D eigenvalue weighted by atomic mass is 9.93. The van der Waals surface area contributed by atoms with Gasteiger partial charge in [0.15, 0.2) is 6.61 Å². The fraction of sp³-hybridized carbons (Fsp3) is 0.545. The normalized spacial score (nSPS) is 15.4. The lowest BCUT2D eigenvalue weighted by molar-refractivity contribution is -0.150. The summed E-state index contributed by atoms with van der Waals surface area (Å²) in [6, 6.07) is 3.78. The number of imide groups is 1. The van der Waals surface area contributed by atoms with Crippen LogP contribution in [0.1, 0.15) is 46.1 Å². The molecule has 0 spiro atoms. The maximum absolute atomic E-state index is 12.9. The lowest BCUT2D eigenvalue weighted by Gasteiger charge is -2.22. The zero-order chi connectivity index (χ0) is 25.7. The second-order valence-electron chi connectivity index (χ2n) is 7.89. The van der Waals surface area contributed by atoms with Crippen molar-refractivity contribution in [1.82, 2.24) is 14.5 Å². The third-order valence-corrected chi connectivity index (χ3v) is 8.09. The molecule has 34 heavy (non-hydrogen) atoms. The van der Waals surface area contributed by atoms with Gasteiger partial charge in [-0.3, -0.25) is 19.3 Å². The van der Waals surface area contributed by atoms with E-state index < -0.39 is 52.5 Å². The van der Waals surface area contributed by atoms with Crippen molar-refractivity contribution in [2.24, 2.45) is 0 Å². The molecule has 12 heteroatoms. The second kappa shape index (κ2) is 11.0. The van der Waals surface area contributed by atoms with Gasteiger partial charge in [-0.1, -0.05) is 33.8 Å². The zero-order valence-electron chi connectivity index (χ0n) is 20.1. The van der Waals surface area contributed by atoms with Gasteiger partial charge in [0.25, 0.3) is 11.8 Å². The summed E-state index contributed by atoms with van der Waals surface area (Å²) >= 11 is 0. The topological polar surface area (TPSA) is 142 Å². The summed E-state index contributed by atoms with van der Waals surface area (Å²) in [5, 5.41) is 5.10. The molecule has 1 saturated heterocycles. The van der Waals surface area contributed by atoms with E-state index in [0.29, 0.717) is 31.5 Å². The van der Waals surface area contributed by atoms with Crippen LogP contribution in [0.3, 0.4) is 0 Å². The van der Waals surface area contributed by atoms with Crippen molar-refractivity contribution in [1.29, 1.82) is 0 Å². The third kappa shape index (κ3) is 5.55. The number of carbonyl (C=O) groups excluding carboxylic acids is 4. The monoisotopic (exact) mass is 496 g/mol. The molecule has 0 aliphatic carbocycles. The van der Waals surface area contributed by atoms with Crippen molar-refractivity contribution >= 4 is 39.5 Å². The molecule has 1 aliphatic rings. The maximum Gasteiger partial charge on any atom is 0.326 e. The van der Waals surface area contributed by atoms with E-state index in [0.717, 1.165) is 4.90 Å². The van der Waals surface area contributed by atoms with Crippen LogP contribution in [-0.2, 0) is 29.1 Å². The predicted molar refractivity (Wildman–Crippen MR) is 124 cm³/mol. The van der Waals surface area contributed by atoms with Crippen molar-refractivity contribution in [3.05, 3.63) is 23.8 Å². The quantitative estimate of drug-likeness (QED) is 0.350. The first-order chi connectivity index (χ1) is 15.9. The number of benzene rings is 1. The number of urea groups is 1. The highest BCUT2D eigenvalue weighted by atomic mass is 32.2. The highest BCUT2D eigenvalue weighted by molar-refractivity contribution is 7.89. The molecule has 0 saturated carbocycles. The smallest absolute Gasteiger partial charge is 0.326 e. The van der Waals surface area contributed by atoms with E-state index in [4.69, 9.17) is 4.74 Å². The van der Waals surface area contributed by atoms with Crippen LogP contribution < -0.4 is 10.6 Å². The minimum Gasteiger partial charge on any atom is -0.454 e. The van der Waals surface area contributed by atoms with E-state index in [1.54, 1.807) is 46.8 Å². The van der Waals surface area contributed by atoms with Crippen LogP contribution in [0.15, 0.2) is 23.1 Å². The van der Waals surface area contributed by atoms with Gasteiger partial charge in [-0.25, -0.2) is 13.2 Å². The molecule has 0 radical (unpaired) electrons. The van der Waals surface area contributed by atoms with Crippen LogP contribution in [-0.4, -0.2) is 73.2 Å². The van der Waals surface area contributed by atoms with Crippen molar-refractivity contribution < 1.29 is 32.3 Å². The molecule has 1 aromatic rings. The maximum atomic E-state index is 12.9. The minimum atomic E-state index is -3.73. The Labute approximate surface area is 199 Å². The van der Waals surface area contributed by atoms with Gasteiger partial charge in [-0.05, 0) is 37.5 Å². The van der Waals surface area contributed by atoms with Gasteiger partial charge >= 0.3 is 12.0 Å². The summed E-state index contributed by atoms with van der Waals surface area (Å²) in [5.74, 6) is -2.13. The van der Waals surface area contributed by atoms with Gasteiger partial charge < -0.3 is 15.4 Å². The average molecular weight is 497 g/mol. The summed E-state index contributed by atoms with van der Waals surface area (Å²) in [5.41, 5.74) is -0.286. The number of hydrogen-bond donors (Lipinski definition) is 2. The molecular weight excluding hydrogens is 464 g/mol. The predicted octanol–water partition coefficient (Wildman–Crippen LogP) is 1.62. The Morgan fingerprint density at radius 3 is 2.26 bits per heavy atom. The Morgan fingerprint density at radius 2 is 1.74 bits per heavy atom. The molecule has 1 aliphatic heterocycles. The van der Waals surface area contributed by atoms with Crippen LogP contribution in [0.4, 0.5) is 10.5 Å². The Balaban J connectivity index is 2.00. The molecule has 11 nitrogen and oxygen atoms in total. The van der Waals surface area contributed by atoms with Gasteiger partial charge in [-0.15, -0.1) is 0 Å². The molecule has 0 bridgehead atoms. The molecule has 0 aromatic heterocycles. The van der Waals surface area contributed by atoms with Crippen molar-refractivity contribution in [3.8, 4) is 0 Å². The van der Waals surface area contributed by atoms with E-state index in [9.17, 15) is 27.6 Å². The van der Waals surface area contributed by atoms with E-state index in [2.05, 4.69) is 10.6 Å². The fourth-order valence-electron chi connectivity index (χ4n) is 3.73. The largest absolute Gasteiger partial charge is 0.454 e. The standard InChI is InChI=1S/C22H32N4O7S/c1-6-22(7-2)20(29)26(21(30)24-22)13-19(28)33-14-18(27)23-16-11-10-15(5)17(12-16)34(31,32)25(8-3)9-4/h10-12H,6-9,13-14H2,1-5H3,(H,23,27)(H,24,30). The number of esters is 1. The summed E-state index contributed by atoms with van der Waals surface area (Å²) in [7, 11) is -3.73.